The van der Waals surface area contributed by atoms with Crippen LogP contribution >= 0.6 is 11.6 Å². The van der Waals surface area contributed by atoms with Gasteiger partial charge in [-0.3, -0.25) is 9.59 Å². The molecule has 5 nitrogen and oxygen atoms in total. The zero-order valence-electron chi connectivity index (χ0n) is 19.0. The number of halogens is 1. The number of aliphatic hydroxyl groups excluding tert-OH is 1. The van der Waals surface area contributed by atoms with E-state index < -0.39 is 12.1 Å². The van der Waals surface area contributed by atoms with Gasteiger partial charge < -0.3 is 15.1 Å². The molecule has 0 bridgehead atoms. The predicted molar refractivity (Wildman–Crippen MR) is 131 cm³/mol. The van der Waals surface area contributed by atoms with Crippen LogP contribution in [0.15, 0.2) is 54.6 Å². The van der Waals surface area contributed by atoms with Gasteiger partial charge in [-0.15, -0.1) is 0 Å². The van der Waals surface area contributed by atoms with E-state index in [-0.39, 0.29) is 18.4 Å². The molecule has 0 aromatic heterocycles. The van der Waals surface area contributed by atoms with Crippen LogP contribution in [0, 0.1) is 6.92 Å². The van der Waals surface area contributed by atoms with Gasteiger partial charge in [-0.2, -0.15) is 0 Å². The number of amides is 1. The Labute approximate surface area is 200 Å². The summed E-state index contributed by atoms with van der Waals surface area (Å²) in [5, 5.41) is 20.2. The van der Waals surface area contributed by atoms with Crippen LogP contribution in [0.2, 0.25) is 5.02 Å². The van der Waals surface area contributed by atoms with Crippen LogP contribution in [0.5, 0.6) is 0 Å². The molecule has 2 N–H and O–H groups in total. The lowest BCUT2D eigenvalue weighted by atomic mass is 9.97. The first-order valence-electron chi connectivity index (χ1n) is 11.6. The number of carbonyl (C=O) groups excluding carboxylic acids is 1. The van der Waals surface area contributed by atoms with Crippen LogP contribution in [0.1, 0.15) is 62.2 Å². The highest BCUT2D eigenvalue weighted by Crippen LogP contribution is 2.29. The number of hydrogen-bond acceptors (Lipinski definition) is 3. The summed E-state index contributed by atoms with van der Waals surface area (Å²) in [6, 6.07) is 13.6. The third kappa shape index (κ3) is 7.18. The van der Waals surface area contributed by atoms with E-state index in [1.807, 2.05) is 60.4 Å². The Hall–Kier alpha value is -2.63. The number of benzene rings is 2. The van der Waals surface area contributed by atoms with Crippen molar-refractivity contribution >= 4 is 23.5 Å². The summed E-state index contributed by atoms with van der Waals surface area (Å²) in [5.41, 5.74) is 3.98. The quantitative estimate of drug-likeness (QED) is 0.315. The van der Waals surface area contributed by atoms with Crippen LogP contribution in [-0.2, 0) is 9.59 Å². The first kappa shape index (κ1) is 25.0. The number of aliphatic carboxylic acids is 1. The number of carboxylic acids is 1. The Morgan fingerprint density at radius 2 is 1.97 bits per heavy atom. The number of carbonyl (C=O) groups is 2. The van der Waals surface area contributed by atoms with Gasteiger partial charge in [0.15, 0.2) is 0 Å². The molecule has 33 heavy (non-hydrogen) atoms. The van der Waals surface area contributed by atoms with E-state index in [0.717, 1.165) is 47.9 Å². The first-order valence-corrected chi connectivity index (χ1v) is 12.0. The van der Waals surface area contributed by atoms with Crippen LogP contribution in [0.25, 0.3) is 11.1 Å². The number of rotatable bonds is 11. The fourth-order valence-electron chi connectivity index (χ4n) is 4.34. The average Bonchev–Trinajstić information content (AvgIpc) is 3.13. The number of aryl methyl sites for hydroxylation is 1. The van der Waals surface area contributed by atoms with Crippen molar-refractivity contribution in [1.29, 1.82) is 0 Å². The van der Waals surface area contributed by atoms with Gasteiger partial charge in [0.05, 0.1) is 12.1 Å². The summed E-state index contributed by atoms with van der Waals surface area (Å²) < 4.78 is 0. The largest absolute Gasteiger partial charge is 0.481 e. The molecule has 0 radical (unpaired) electrons. The molecule has 1 aliphatic heterocycles. The smallest absolute Gasteiger partial charge is 0.303 e. The zero-order valence-corrected chi connectivity index (χ0v) is 19.8. The highest BCUT2D eigenvalue weighted by atomic mass is 35.5. The minimum absolute atomic E-state index is 0.00661. The maximum Gasteiger partial charge on any atom is 0.303 e. The highest BCUT2D eigenvalue weighted by molar-refractivity contribution is 6.30. The maximum absolute atomic E-state index is 12.3. The molecule has 1 fully saturated rings. The Balaban J connectivity index is 1.59. The normalized spacial score (nSPS) is 17.1. The van der Waals surface area contributed by atoms with Crippen LogP contribution in [-0.4, -0.2) is 39.6 Å². The lowest BCUT2D eigenvalue weighted by Gasteiger charge is -2.22. The van der Waals surface area contributed by atoms with E-state index in [0.29, 0.717) is 24.4 Å². The molecule has 2 aromatic carbocycles. The average molecular weight is 470 g/mol. The Morgan fingerprint density at radius 1 is 1.18 bits per heavy atom. The zero-order chi connectivity index (χ0) is 23.8. The lowest BCUT2D eigenvalue weighted by molar-refractivity contribution is -0.137. The molecule has 6 heteroatoms. The van der Waals surface area contributed by atoms with Crippen molar-refractivity contribution in [3.05, 3.63) is 70.8 Å². The molecule has 2 atom stereocenters. The van der Waals surface area contributed by atoms with Crippen LogP contribution in [0.4, 0.5) is 0 Å². The van der Waals surface area contributed by atoms with Gasteiger partial charge >= 0.3 is 5.97 Å². The number of aliphatic hydroxyl groups is 1. The van der Waals surface area contributed by atoms with Crippen molar-refractivity contribution in [3.8, 4) is 11.1 Å². The molecule has 1 unspecified atom stereocenters. The van der Waals surface area contributed by atoms with Crippen LogP contribution in [0.3, 0.4) is 0 Å². The standard InChI is InChI=1S/C27H32ClNO4/c1-19-17-22(28)10-13-24(19)20-7-6-8-21(18-20)25(30)14-11-23-12-15-26(31)29(23)16-5-3-2-4-9-27(32)33/h6-8,10-11,13-14,17-18,23,25,30H,2-5,9,12,15-16H2,1H3,(H,32,33)/t23-,25?/m0/s1. The Morgan fingerprint density at radius 3 is 2.73 bits per heavy atom. The summed E-state index contributed by atoms with van der Waals surface area (Å²) in [6.45, 7) is 2.68. The minimum atomic E-state index is -0.762. The van der Waals surface area contributed by atoms with Crippen molar-refractivity contribution in [1.82, 2.24) is 4.90 Å². The van der Waals surface area contributed by atoms with Crippen molar-refractivity contribution in [3.63, 3.8) is 0 Å². The number of hydrogen-bond donors (Lipinski definition) is 2. The maximum atomic E-state index is 12.3. The van der Waals surface area contributed by atoms with Gasteiger partial charge in [-0.1, -0.05) is 60.9 Å². The molecule has 3 rings (SSSR count). The second-order valence-electron chi connectivity index (χ2n) is 8.67. The fraction of sp³-hybridized carbons (Fsp3) is 0.407. The minimum Gasteiger partial charge on any atom is -0.481 e. The first-order chi connectivity index (χ1) is 15.8. The van der Waals surface area contributed by atoms with Gasteiger partial charge in [0.2, 0.25) is 5.91 Å². The summed E-state index contributed by atoms with van der Waals surface area (Å²) in [4.78, 5) is 24.8. The Bertz CT molecular complexity index is 1000. The highest BCUT2D eigenvalue weighted by Gasteiger charge is 2.28. The molecular weight excluding hydrogens is 438 g/mol. The van der Waals surface area contributed by atoms with Gasteiger partial charge in [-0.05, 0) is 66.6 Å². The van der Waals surface area contributed by atoms with Crippen molar-refractivity contribution < 1.29 is 19.8 Å². The Kier molecular flexibility index (Phi) is 9.10. The SMILES string of the molecule is Cc1cc(Cl)ccc1-c1cccc(C(O)C=C[C@H]2CCC(=O)N2CCCCCCC(=O)O)c1. The summed E-state index contributed by atoms with van der Waals surface area (Å²) in [7, 11) is 0. The van der Waals surface area contributed by atoms with Crippen LogP contribution < -0.4 is 0 Å². The van der Waals surface area contributed by atoms with E-state index in [1.165, 1.54) is 0 Å². The molecule has 0 spiro atoms. The van der Waals surface area contributed by atoms with E-state index in [1.54, 1.807) is 6.08 Å². The van der Waals surface area contributed by atoms with E-state index in [2.05, 4.69) is 0 Å². The number of carboxylic acid groups (broad SMARTS) is 1. The second kappa shape index (κ2) is 12.0. The molecule has 1 heterocycles. The van der Waals surface area contributed by atoms with E-state index >= 15 is 0 Å². The second-order valence-corrected chi connectivity index (χ2v) is 9.10. The number of unbranched alkanes of at least 4 members (excludes halogenated alkanes) is 3. The molecule has 1 saturated heterocycles. The van der Waals surface area contributed by atoms with Gasteiger partial charge in [0.25, 0.3) is 0 Å². The molecule has 1 amide bonds. The van der Waals surface area contributed by atoms with Gasteiger partial charge in [0.1, 0.15) is 0 Å². The number of nitrogens with zero attached hydrogens (tertiary/aromatic N) is 1. The summed E-state index contributed by atoms with van der Waals surface area (Å²) in [6.07, 6.45) is 7.74. The predicted octanol–water partition coefficient (Wildman–Crippen LogP) is 5.93. The fourth-order valence-corrected chi connectivity index (χ4v) is 4.57. The molecule has 0 saturated carbocycles. The van der Waals surface area contributed by atoms with Crippen molar-refractivity contribution in [2.45, 2.75) is 64.0 Å². The van der Waals surface area contributed by atoms with E-state index in [4.69, 9.17) is 16.7 Å². The topological polar surface area (TPSA) is 77.8 Å². The van der Waals surface area contributed by atoms with Gasteiger partial charge in [-0.25, -0.2) is 0 Å². The van der Waals surface area contributed by atoms with Gasteiger partial charge in [0, 0.05) is 24.4 Å². The van der Waals surface area contributed by atoms with Crippen molar-refractivity contribution in [2.24, 2.45) is 0 Å². The molecule has 1 aliphatic rings. The molecule has 176 valence electrons. The molecule has 2 aromatic rings. The lowest BCUT2D eigenvalue weighted by Crippen LogP contribution is -2.32. The summed E-state index contributed by atoms with van der Waals surface area (Å²) in [5.74, 6) is -0.618. The molecule has 0 aliphatic carbocycles. The molecular formula is C27H32ClNO4. The van der Waals surface area contributed by atoms with E-state index in [9.17, 15) is 14.7 Å². The van der Waals surface area contributed by atoms with Crippen molar-refractivity contribution in [2.75, 3.05) is 6.54 Å². The summed E-state index contributed by atoms with van der Waals surface area (Å²) >= 11 is 6.08. The third-order valence-corrected chi connectivity index (χ3v) is 6.39. The third-order valence-electron chi connectivity index (χ3n) is 6.16. The number of likely N-dealkylation sites (tertiary alicyclic amines) is 1. The monoisotopic (exact) mass is 469 g/mol.